The summed E-state index contributed by atoms with van der Waals surface area (Å²) in [6, 6.07) is 2.56. The Morgan fingerprint density at radius 3 is 2.83 bits per heavy atom. The predicted octanol–water partition coefficient (Wildman–Crippen LogP) is 4.74. The molecular weight excluding hydrogens is 384 g/mol. The zero-order valence-corrected chi connectivity index (χ0v) is 18.4. The van der Waals surface area contributed by atoms with E-state index >= 15 is 0 Å². The van der Waals surface area contributed by atoms with Gasteiger partial charge in [-0.3, -0.25) is 5.32 Å². The summed E-state index contributed by atoms with van der Waals surface area (Å²) < 4.78 is 5.66. The molecule has 0 bridgehead atoms. The quantitative estimate of drug-likeness (QED) is 0.275. The summed E-state index contributed by atoms with van der Waals surface area (Å²) in [5, 5.41) is 17.9. The zero-order valence-electron chi connectivity index (χ0n) is 17.6. The Morgan fingerprint density at radius 2 is 2.17 bits per heavy atom. The summed E-state index contributed by atoms with van der Waals surface area (Å²) in [7, 11) is 0. The van der Waals surface area contributed by atoms with Crippen molar-refractivity contribution in [3.8, 4) is 0 Å². The highest BCUT2D eigenvalue weighted by Gasteiger charge is 2.41. The molecule has 160 valence electrons. The molecule has 0 aromatic carbocycles. The number of epoxide rings is 1. The van der Waals surface area contributed by atoms with E-state index in [-0.39, 0.29) is 24.7 Å². The Hall–Kier alpha value is -1.63. The number of allylic oxidation sites excluding steroid dienone is 1. The largest absolute Gasteiger partial charge is 0.481 e. The second kappa shape index (κ2) is 10.4. The molecule has 2 aliphatic rings. The van der Waals surface area contributed by atoms with Gasteiger partial charge in [0.1, 0.15) is 18.8 Å². The van der Waals surface area contributed by atoms with Gasteiger partial charge < -0.3 is 20.0 Å². The molecule has 0 amide bonds. The number of carboxylic acid groups (broad SMARTS) is 1. The topological polar surface area (TPSA) is 78.2 Å². The first kappa shape index (κ1) is 22.1. The summed E-state index contributed by atoms with van der Waals surface area (Å²) in [5.74, 6) is 0.386. The molecule has 4 atom stereocenters. The number of aliphatic carboxylic acids is 1. The highest BCUT2D eigenvalue weighted by Crippen LogP contribution is 2.38. The van der Waals surface area contributed by atoms with Crippen molar-refractivity contribution in [1.29, 1.82) is 0 Å². The van der Waals surface area contributed by atoms with Crippen molar-refractivity contribution in [3.05, 3.63) is 46.3 Å². The lowest BCUT2D eigenvalue weighted by Crippen LogP contribution is -2.28. The predicted molar refractivity (Wildman–Crippen MR) is 120 cm³/mol. The third kappa shape index (κ3) is 6.43. The van der Waals surface area contributed by atoms with E-state index in [2.05, 4.69) is 54.7 Å². The Kier molecular flexibility index (Phi) is 7.92. The molecule has 0 radical (unpaired) electrons. The summed E-state index contributed by atoms with van der Waals surface area (Å²) in [5.41, 5.74) is 2.32. The van der Waals surface area contributed by atoms with Crippen molar-refractivity contribution in [1.82, 2.24) is 10.6 Å². The SMILES string of the molecule is C=C(/C=C\[C@@H](C)C1OC1NCCC(O)=[OH+])NC(c1sccc1C)C1CCCCC1. The van der Waals surface area contributed by atoms with E-state index in [9.17, 15) is 0 Å². The minimum atomic E-state index is -0.543. The number of thiophene rings is 1. The second-order valence-corrected chi connectivity index (χ2v) is 9.32. The molecule has 4 N–H and O–H groups in total. The van der Waals surface area contributed by atoms with Gasteiger partial charge in [-0.1, -0.05) is 38.8 Å². The van der Waals surface area contributed by atoms with Gasteiger partial charge >= 0.3 is 5.97 Å². The van der Waals surface area contributed by atoms with Gasteiger partial charge in [-0.05, 0) is 48.8 Å². The van der Waals surface area contributed by atoms with E-state index in [1.165, 1.54) is 42.5 Å². The van der Waals surface area contributed by atoms with Crippen LogP contribution in [0.15, 0.2) is 35.9 Å². The number of nitrogens with one attached hydrogen (secondary N) is 2. The third-order valence-electron chi connectivity index (χ3n) is 5.99. The number of aliphatic hydroxyl groups excluding tert-OH is 1. The maximum atomic E-state index is 8.82. The molecule has 5 nitrogen and oxygen atoms in total. The zero-order chi connectivity index (χ0) is 20.8. The van der Waals surface area contributed by atoms with Crippen LogP contribution in [-0.4, -0.2) is 34.7 Å². The lowest BCUT2D eigenvalue weighted by Gasteiger charge is -2.32. The van der Waals surface area contributed by atoms with Crippen LogP contribution in [0.2, 0.25) is 0 Å². The Balaban J connectivity index is 1.52. The molecular formula is C23H35N2O3S+. The highest BCUT2D eigenvalue weighted by molar-refractivity contribution is 7.10. The molecule has 1 aliphatic heterocycles. The Labute approximate surface area is 178 Å². The van der Waals surface area contributed by atoms with Gasteiger partial charge in [0.05, 0.1) is 6.04 Å². The van der Waals surface area contributed by atoms with Gasteiger partial charge in [0.25, 0.3) is 0 Å². The molecule has 3 unspecified atom stereocenters. The average Bonchev–Trinajstić information content (AvgIpc) is 3.36. The number of carboxylic acids is 1. The molecule has 6 heteroatoms. The van der Waals surface area contributed by atoms with E-state index in [1.54, 1.807) is 0 Å². The van der Waals surface area contributed by atoms with E-state index in [1.807, 2.05) is 11.3 Å². The minimum Gasteiger partial charge on any atom is -0.378 e. The van der Waals surface area contributed by atoms with Gasteiger partial charge in [0, 0.05) is 23.0 Å². The molecule has 1 aromatic heterocycles. The van der Waals surface area contributed by atoms with E-state index < -0.39 is 5.97 Å². The van der Waals surface area contributed by atoms with Crippen LogP contribution >= 0.6 is 11.3 Å². The number of aryl methyl sites for hydroxylation is 1. The van der Waals surface area contributed by atoms with Crippen LogP contribution in [0.3, 0.4) is 0 Å². The first-order chi connectivity index (χ1) is 14.0. The van der Waals surface area contributed by atoms with Crippen LogP contribution in [0, 0.1) is 18.8 Å². The average molecular weight is 420 g/mol. The normalized spacial score (nSPS) is 24.3. The molecule has 1 aromatic rings. The van der Waals surface area contributed by atoms with Gasteiger partial charge in [0.15, 0.2) is 0 Å². The lowest BCUT2D eigenvalue weighted by atomic mass is 9.82. The summed E-state index contributed by atoms with van der Waals surface area (Å²) in [4.78, 5) is 10.3. The van der Waals surface area contributed by atoms with Gasteiger partial charge in [-0.15, -0.1) is 11.3 Å². The van der Waals surface area contributed by atoms with Crippen molar-refractivity contribution in [2.45, 2.75) is 70.7 Å². The summed E-state index contributed by atoms with van der Waals surface area (Å²) >= 11 is 1.85. The molecule has 29 heavy (non-hydrogen) atoms. The van der Waals surface area contributed by atoms with Crippen molar-refractivity contribution in [3.63, 3.8) is 0 Å². The van der Waals surface area contributed by atoms with Crippen LogP contribution in [0.25, 0.3) is 0 Å². The van der Waals surface area contributed by atoms with Gasteiger partial charge in [-0.25, -0.2) is 0 Å². The van der Waals surface area contributed by atoms with Crippen molar-refractivity contribution in [2.75, 3.05) is 6.54 Å². The summed E-state index contributed by atoms with van der Waals surface area (Å²) in [6.45, 7) is 9.10. The molecule has 1 aliphatic carbocycles. The maximum Gasteiger partial charge on any atom is 0.481 e. The van der Waals surface area contributed by atoms with Crippen LogP contribution in [0.4, 0.5) is 0 Å². The molecule has 1 saturated carbocycles. The maximum absolute atomic E-state index is 8.82. The first-order valence-electron chi connectivity index (χ1n) is 10.8. The monoisotopic (exact) mass is 419 g/mol. The van der Waals surface area contributed by atoms with Crippen LogP contribution in [-0.2, 0) is 4.74 Å². The molecule has 3 rings (SSSR count). The van der Waals surface area contributed by atoms with E-state index in [0.29, 0.717) is 18.5 Å². The summed E-state index contributed by atoms with van der Waals surface area (Å²) in [6.07, 6.45) is 11.1. The van der Waals surface area contributed by atoms with Crippen molar-refractivity contribution in [2.24, 2.45) is 11.8 Å². The molecule has 2 heterocycles. The first-order valence-corrected chi connectivity index (χ1v) is 11.6. The minimum absolute atomic E-state index is 0.0148. The van der Waals surface area contributed by atoms with Crippen LogP contribution in [0.1, 0.15) is 61.9 Å². The Morgan fingerprint density at radius 1 is 1.41 bits per heavy atom. The second-order valence-electron chi connectivity index (χ2n) is 8.37. The third-order valence-corrected chi connectivity index (χ3v) is 7.09. The lowest BCUT2D eigenvalue weighted by molar-refractivity contribution is 0.287. The Bertz CT molecular complexity index is 723. The van der Waals surface area contributed by atoms with Gasteiger partial charge in [0.2, 0.25) is 0 Å². The smallest absolute Gasteiger partial charge is 0.378 e. The number of ether oxygens (including phenoxy) is 1. The fourth-order valence-corrected chi connectivity index (χ4v) is 5.28. The van der Waals surface area contributed by atoms with Crippen molar-refractivity contribution < 1.29 is 14.6 Å². The van der Waals surface area contributed by atoms with E-state index in [0.717, 1.165) is 5.70 Å². The van der Waals surface area contributed by atoms with E-state index in [4.69, 9.17) is 14.6 Å². The molecule has 0 spiro atoms. The molecule has 2 fully saturated rings. The number of hydrogen-bond donors (Lipinski definition) is 3. The fourth-order valence-electron chi connectivity index (χ4n) is 4.21. The fraction of sp³-hybridized carbons (Fsp3) is 0.609. The molecule has 1 saturated heterocycles. The highest BCUT2D eigenvalue weighted by atomic mass is 32.1. The van der Waals surface area contributed by atoms with Crippen LogP contribution in [0.5, 0.6) is 0 Å². The standard InChI is InChI=1S/C23H34N2O3S/c1-15(21-23(28-21)24-13-11-19(26)27)9-10-17(3)25-20(18-7-5-4-6-8-18)22-16(2)12-14-29-22/h9-10,12,14-15,18,20-21,23-25H,3-8,11,13H2,1-2H3,(H,26,27)/p+1/b10-9-/t15-,20?,21?,23?/m1/s1. The number of rotatable bonds is 11. The van der Waals surface area contributed by atoms with Crippen LogP contribution < -0.4 is 10.6 Å². The number of hydrogen-bond acceptors (Lipinski definition) is 4. The van der Waals surface area contributed by atoms with Gasteiger partial charge in [-0.2, -0.15) is 0 Å². The van der Waals surface area contributed by atoms with Crippen molar-refractivity contribution >= 4 is 17.3 Å².